The second-order valence-corrected chi connectivity index (χ2v) is 5.79. The van der Waals surface area contributed by atoms with Crippen molar-refractivity contribution in [1.29, 1.82) is 0 Å². The summed E-state index contributed by atoms with van der Waals surface area (Å²) in [6.45, 7) is 0.430. The summed E-state index contributed by atoms with van der Waals surface area (Å²) in [6.07, 6.45) is 1.92. The molecule has 1 aromatic rings. The maximum atomic E-state index is 11.6. The van der Waals surface area contributed by atoms with Crippen LogP contribution in [0, 0.1) is 0 Å². The van der Waals surface area contributed by atoms with Crippen molar-refractivity contribution in [3.63, 3.8) is 0 Å². The van der Waals surface area contributed by atoms with Gasteiger partial charge in [-0.1, -0.05) is 0 Å². The van der Waals surface area contributed by atoms with Crippen LogP contribution in [0.2, 0.25) is 0 Å². The summed E-state index contributed by atoms with van der Waals surface area (Å²) in [5.41, 5.74) is 0.459. The van der Waals surface area contributed by atoms with Crippen molar-refractivity contribution in [3.8, 4) is 0 Å². The van der Waals surface area contributed by atoms with Crippen LogP contribution in [-0.4, -0.2) is 32.9 Å². The van der Waals surface area contributed by atoms with E-state index in [1.807, 2.05) is 0 Å². The third kappa shape index (κ3) is 4.91. The van der Waals surface area contributed by atoms with Gasteiger partial charge in [0.15, 0.2) is 0 Å². The van der Waals surface area contributed by atoms with Gasteiger partial charge >= 0.3 is 0 Å². The Hall–Kier alpha value is -0.660. The summed E-state index contributed by atoms with van der Waals surface area (Å²) in [5.74, 6) is 0.0386. The van der Waals surface area contributed by atoms with Crippen LogP contribution < -0.4 is 4.72 Å². The van der Waals surface area contributed by atoms with E-state index in [0.717, 1.165) is 0 Å². The molecule has 16 heavy (non-hydrogen) atoms. The number of ether oxygens (including phenoxy) is 1. The molecule has 0 aliphatic carbocycles. The number of pyridine rings is 1. The molecule has 0 aromatic carbocycles. The van der Waals surface area contributed by atoms with Crippen molar-refractivity contribution in [2.24, 2.45) is 0 Å². The van der Waals surface area contributed by atoms with E-state index in [2.05, 4.69) is 25.6 Å². The van der Waals surface area contributed by atoms with Crippen LogP contribution in [0.25, 0.3) is 0 Å². The average molecular weight is 309 g/mol. The van der Waals surface area contributed by atoms with Crippen molar-refractivity contribution in [2.75, 3.05) is 24.2 Å². The molecule has 1 rings (SSSR count). The Morgan fingerprint density at radius 1 is 1.50 bits per heavy atom. The summed E-state index contributed by atoms with van der Waals surface area (Å²) in [4.78, 5) is 3.92. The molecule has 0 aliphatic heterocycles. The molecule has 0 radical (unpaired) electrons. The second kappa shape index (κ2) is 6.17. The lowest BCUT2D eigenvalue weighted by atomic mass is 10.4. The molecule has 0 atom stereocenters. The molecule has 0 aliphatic rings. The van der Waals surface area contributed by atoms with Gasteiger partial charge in [-0.25, -0.2) is 13.4 Å². The molecule has 90 valence electrons. The minimum atomic E-state index is -3.31. The number of aromatic nitrogens is 1. The van der Waals surface area contributed by atoms with Gasteiger partial charge in [0.2, 0.25) is 10.0 Å². The van der Waals surface area contributed by atoms with Crippen LogP contribution in [0.3, 0.4) is 0 Å². The molecular formula is C9H13BrN2O3S. The first-order chi connectivity index (χ1) is 7.53. The SMILES string of the molecule is COCCCS(=O)(=O)Nc1ccc(Br)nc1. The normalized spacial score (nSPS) is 11.4. The Morgan fingerprint density at radius 3 is 2.81 bits per heavy atom. The van der Waals surface area contributed by atoms with E-state index < -0.39 is 10.0 Å². The minimum absolute atomic E-state index is 0.0386. The van der Waals surface area contributed by atoms with Crippen molar-refractivity contribution < 1.29 is 13.2 Å². The second-order valence-electron chi connectivity index (χ2n) is 3.14. The lowest BCUT2D eigenvalue weighted by Crippen LogP contribution is -2.17. The number of anilines is 1. The highest BCUT2D eigenvalue weighted by atomic mass is 79.9. The first-order valence-corrected chi connectivity index (χ1v) is 7.09. The number of nitrogens with one attached hydrogen (secondary N) is 1. The molecule has 1 aromatic heterocycles. The van der Waals surface area contributed by atoms with Crippen LogP contribution in [0.5, 0.6) is 0 Å². The predicted molar refractivity (Wildman–Crippen MR) is 65.8 cm³/mol. The maximum Gasteiger partial charge on any atom is 0.232 e. The smallest absolute Gasteiger partial charge is 0.232 e. The van der Waals surface area contributed by atoms with E-state index >= 15 is 0 Å². The fraction of sp³-hybridized carbons (Fsp3) is 0.444. The Labute approximate surface area is 103 Å². The first-order valence-electron chi connectivity index (χ1n) is 4.64. The monoisotopic (exact) mass is 308 g/mol. The molecular weight excluding hydrogens is 296 g/mol. The van der Waals surface area contributed by atoms with Crippen LogP contribution in [0.1, 0.15) is 6.42 Å². The van der Waals surface area contributed by atoms with Crippen molar-refractivity contribution in [2.45, 2.75) is 6.42 Å². The van der Waals surface area contributed by atoms with Crippen molar-refractivity contribution >= 4 is 31.6 Å². The molecule has 0 amide bonds. The number of hydrogen-bond donors (Lipinski definition) is 1. The largest absolute Gasteiger partial charge is 0.385 e. The number of methoxy groups -OCH3 is 1. The Balaban J connectivity index is 2.55. The lowest BCUT2D eigenvalue weighted by molar-refractivity contribution is 0.199. The summed E-state index contributed by atoms with van der Waals surface area (Å²) in [6, 6.07) is 3.32. The van der Waals surface area contributed by atoms with Crippen LogP contribution in [-0.2, 0) is 14.8 Å². The molecule has 1 heterocycles. The van der Waals surface area contributed by atoms with Crippen molar-refractivity contribution in [1.82, 2.24) is 4.98 Å². The van der Waals surface area contributed by atoms with Gasteiger partial charge in [0.05, 0.1) is 17.6 Å². The quantitative estimate of drug-likeness (QED) is 0.640. The van der Waals surface area contributed by atoms with Crippen LogP contribution in [0.4, 0.5) is 5.69 Å². The molecule has 0 fully saturated rings. The maximum absolute atomic E-state index is 11.6. The highest BCUT2D eigenvalue weighted by Gasteiger charge is 2.09. The molecule has 0 spiro atoms. The molecule has 0 saturated heterocycles. The summed E-state index contributed by atoms with van der Waals surface area (Å²) < 4.78 is 31.0. The van der Waals surface area contributed by atoms with E-state index in [0.29, 0.717) is 23.3 Å². The number of hydrogen-bond acceptors (Lipinski definition) is 4. The van der Waals surface area contributed by atoms with Gasteiger partial charge in [-0.3, -0.25) is 4.72 Å². The highest BCUT2D eigenvalue weighted by molar-refractivity contribution is 9.10. The third-order valence-corrected chi connectivity index (χ3v) is 3.60. The summed E-state index contributed by atoms with van der Waals surface area (Å²) >= 11 is 3.17. The Morgan fingerprint density at radius 2 is 2.25 bits per heavy atom. The van der Waals surface area contributed by atoms with E-state index in [1.165, 1.54) is 6.20 Å². The van der Waals surface area contributed by atoms with Gasteiger partial charge in [0.25, 0.3) is 0 Å². The Kier molecular flexibility index (Phi) is 5.17. The first kappa shape index (κ1) is 13.4. The van der Waals surface area contributed by atoms with Crippen molar-refractivity contribution in [3.05, 3.63) is 22.9 Å². The van der Waals surface area contributed by atoms with Gasteiger partial charge in [-0.15, -0.1) is 0 Å². The molecule has 0 saturated carbocycles. The van der Waals surface area contributed by atoms with E-state index in [1.54, 1.807) is 19.2 Å². The fourth-order valence-corrected chi connectivity index (χ4v) is 2.37. The number of halogens is 1. The summed E-state index contributed by atoms with van der Waals surface area (Å²) in [7, 11) is -1.76. The van der Waals surface area contributed by atoms with Crippen LogP contribution >= 0.6 is 15.9 Å². The van der Waals surface area contributed by atoms with E-state index in [4.69, 9.17) is 4.74 Å². The zero-order valence-electron chi connectivity index (χ0n) is 8.81. The molecule has 7 heteroatoms. The fourth-order valence-electron chi connectivity index (χ4n) is 1.06. The Bertz CT molecular complexity index is 419. The predicted octanol–water partition coefficient (Wildman–Crippen LogP) is 1.62. The zero-order chi connectivity index (χ0) is 12.0. The molecule has 1 N–H and O–H groups in total. The molecule has 5 nitrogen and oxygen atoms in total. The number of sulfonamides is 1. The highest BCUT2D eigenvalue weighted by Crippen LogP contribution is 2.12. The van der Waals surface area contributed by atoms with Gasteiger partial charge in [0, 0.05) is 13.7 Å². The summed E-state index contributed by atoms with van der Waals surface area (Å²) in [5, 5.41) is 0. The van der Waals surface area contributed by atoms with Gasteiger partial charge < -0.3 is 4.74 Å². The van der Waals surface area contributed by atoms with Crippen LogP contribution in [0.15, 0.2) is 22.9 Å². The van der Waals surface area contributed by atoms with Gasteiger partial charge in [-0.05, 0) is 34.5 Å². The van der Waals surface area contributed by atoms with Gasteiger partial charge in [-0.2, -0.15) is 0 Å². The molecule has 0 bridgehead atoms. The average Bonchev–Trinajstić information content (AvgIpc) is 2.21. The molecule has 0 unspecified atom stereocenters. The number of rotatable bonds is 6. The zero-order valence-corrected chi connectivity index (χ0v) is 11.2. The third-order valence-electron chi connectivity index (χ3n) is 1.76. The lowest BCUT2D eigenvalue weighted by Gasteiger charge is -2.07. The minimum Gasteiger partial charge on any atom is -0.385 e. The number of nitrogens with zero attached hydrogens (tertiary/aromatic N) is 1. The van der Waals surface area contributed by atoms with E-state index in [9.17, 15) is 8.42 Å². The topological polar surface area (TPSA) is 68.3 Å². The standard InChI is InChI=1S/C9H13BrN2O3S/c1-15-5-2-6-16(13,14)12-8-3-4-9(10)11-7-8/h3-4,7,12H,2,5-6H2,1H3. The van der Waals surface area contributed by atoms with Gasteiger partial charge in [0.1, 0.15) is 4.60 Å². The van der Waals surface area contributed by atoms with E-state index in [-0.39, 0.29) is 5.75 Å².